The van der Waals surface area contributed by atoms with Crippen molar-refractivity contribution in [1.29, 1.82) is 0 Å². The molecule has 8 heteroatoms. The van der Waals surface area contributed by atoms with E-state index in [1.54, 1.807) is 0 Å². The van der Waals surface area contributed by atoms with E-state index in [1.807, 2.05) is 0 Å². The lowest BCUT2D eigenvalue weighted by Crippen LogP contribution is -2.33. The van der Waals surface area contributed by atoms with E-state index in [2.05, 4.69) is 0 Å². The Bertz CT molecular complexity index is 29.5. The van der Waals surface area contributed by atoms with Crippen LogP contribution in [0.4, 0.5) is 0 Å². The first-order valence-electron chi connectivity index (χ1n) is 0.894. The van der Waals surface area contributed by atoms with Crippen molar-refractivity contribution in [2.24, 2.45) is 0 Å². The fraction of sp³-hybridized carbons (Fsp3) is 0. The Balaban J connectivity index is -0.0000000267. The topological polar surface area (TPSA) is 80.9 Å². The van der Waals surface area contributed by atoms with Gasteiger partial charge in [-0.05, 0) is 0 Å². The third kappa shape index (κ3) is 105. The summed E-state index contributed by atoms with van der Waals surface area (Å²) in [5.74, 6) is 0. The van der Waals surface area contributed by atoms with Gasteiger partial charge in [0.15, 0.2) is 34.7 Å². The fourth-order valence-corrected chi connectivity index (χ4v) is 0. The van der Waals surface area contributed by atoms with Crippen molar-refractivity contribution in [3.8, 4) is 0 Å². The van der Waals surface area contributed by atoms with Crippen LogP contribution in [0.25, 0.3) is 0 Å². The van der Waals surface area contributed by atoms with Gasteiger partial charge in [-0.15, -0.1) is 0 Å². The number of hydrogen-bond donors (Lipinski definition) is 4. The van der Waals surface area contributed by atoms with Gasteiger partial charge in [0, 0.05) is 0 Å². The molecule has 0 radical (unpaired) electrons. The van der Waals surface area contributed by atoms with Crippen LogP contribution in [0.3, 0.4) is 0 Å². The number of rotatable bonds is 0. The summed E-state index contributed by atoms with van der Waals surface area (Å²) >= 11 is 0. The van der Waals surface area contributed by atoms with Gasteiger partial charge in [-0.2, -0.15) is 0 Å². The van der Waals surface area contributed by atoms with Crippen LogP contribution in [0, 0.1) is 0 Å². The normalized spacial score (nSPS) is 7.50. The molecule has 0 amide bonds. The smallest absolute Gasteiger partial charge is 0.368 e. The highest BCUT2D eigenvalue weighted by atomic mass is 28.4. The van der Waals surface area contributed by atoms with Crippen LogP contribution in [0.15, 0.2) is 0 Å². The molecule has 0 aromatic carbocycles. The van der Waals surface area contributed by atoms with Gasteiger partial charge in [0.2, 0.25) is 0 Å². The molecular weight excluding hydrogens is 170 g/mol. The van der Waals surface area contributed by atoms with E-state index in [0.717, 1.165) is 0 Å². The summed E-state index contributed by atoms with van der Waals surface area (Å²) in [5, 5.41) is 0. The van der Waals surface area contributed by atoms with Crippen LogP contribution in [0.2, 0.25) is 0 Å². The van der Waals surface area contributed by atoms with Crippen molar-refractivity contribution in [3.05, 3.63) is 0 Å². The second-order valence-corrected chi connectivity index (χ2v) is 1.80. The van der Waals surface area contributed by atoms with Crippen molar-refractivity contribution < 1.29 is 19.2 Å². The highest BCUT2D eigenvalue weighted by Crippen LogP contribution is 1.67. The van der Waals surface area contributed by atoms with Gasteiger partial charge in [-0.25, -0.2) is 0 Å². The molecule has 0 spiro atoms. The van der Waals surface area contributed by atoms with Gasteiger partial charge in [0.1, 0.15) is 0 Å². The largest absolute Gasteiger partial charge is 0.668 e. The molecule has 4 nitrogen and oxygen atoms in total. The maximum atomic E-state index is 7.33. The first kappa shape index (κ1) is 22.5. The molecule has 0 aromatic rings. The molecule has 0 rings (SSSR count). The Kier molecular flexibility index (Phi) is 25.0. The Morgan fingerprint density at radius 3 is 0.750 bits per heavy atom. The van der Waals surface area contributed by atoms with Gasteiger partial charge in [-0.3, -0.25) is 0 Å². The Morgan fingerprint density at radius 1 is 0.750 bits per heavy atom. The summed E-state index contributed by atoms with van der Waals surface area (Å²) in [6.45, 7) is 0. The first-order valence-corrected chi connectivity index (χ1v) is 2.68. The summed E-state index contributed by atoms with van der Waals surface area (Å²) in [7, 11) is -4.61. The predicted octanol–water partition coefficient (Wildman–Crippen LogP) is -5.89. The Labute approximate surface area is 85.4 Å². The molecule has 8 heavy (non-hydrogen) atoms. The summed E-state index contributed by atoms with van der Waals surface area (Å²) < 4.78 is 0. The SMILES string of the molecule is O[Si](O)(O)O.[AlH3].[AlH3].[MgH2]. The lowest BCUT2D eigenvalue weighted by atomic mass is 15.7. The fourth-order valence-electron chi connectivity index (χ4n) is 0. The average molecular weight is 182 g/mol. The third-order valence-electron chi connectivity index (χ3n) is 0. The maximum Gasteiger partial charge on any atom is 0.668 e. The third-order valence-corrected chi connectivity index (χ3v) is 0. The van der Waals surface area contributed by atoms with E-state index in [1.165, 1.54) is 0 Å². The standard InChI is InChI=1S/2Al.Mg.H4O4Si.8H/c;;;1-5(2,3)4;;;;;;;;/h;;;1-4H;;;;;;;;. The zero-order chi connectivity index (χ0) is 4.50. The monoisotopic (exact) mass is 182 g/mol. The van der Waals surface area contributed by atoms with Crippen molar-refractivity contribution in [1.82, 2.24) is 0 Å². The molecule has 0 aliphatic rings. The second-order valence-electron chi connectivity index (χ2n) is 0.600. The van der Waals surface area contributed by atoms with Crippen molar-refractivity contribution in [2.45, 2.75) is 0 Å². The summed E-state index contributed by atoms with van der Waals surface area (Å²) in [6, 6.07) is 0. The molecule has 0 heterocycles. The molecule has 48 valence electrons. The highest BCUT2D eigenvalue weighted by Gasteiger charge is 2.22. The minimum atomic E-state index is -4.61. The quantitative estimate of drug-likeness (QED) is 0.281. The molecule has 0 saturated carbocycles. The minimum Gasteiger partial charge on any atom is -0.368 e. The molecule has 0 aliphatic heterocycles. The average Bonchev–Trinajstić information content (AvgIpc) is 0.722. The van der Waals surface area contributed by atoms with Gasteiger partial charge in [-0.1, -0.05) is 0 Å². The zero-order valence-electron chi connectivity index (χ0n) is 2.29. The van der Waals surface area contributed by atoms with E-state index in [-0.39, 0.29) is 57.8 Å². The molecule has 0 saturated heterocycles. The summed E-state index contributed by atoms with van der Waals surface area (Å²) in [5.41, 5.74) is 0. The van der Waals surface area contributed by atoms with Crippen LogP contribution >= 0.6 is 0 Å². The van der Waals surface area contributed by atoms with Gasteiger partial charge >= 0.3 is 32.1 Å². The van der Waals surface area contributed by atoms with E-state index in [9.17, 15) is 0 Å². The molecule has 0 unspecified atom stereocenters. The lowest BCUT2D eigenvalue weighted by molar-refractivity contribution is 0.117. The Morgan fingerprint density at radius 2 is 0.750 bits per heavy atom. The van der Waals surface area contributed by atoms with Gasteiger partial charge in [0.05, 0.1) is 0 Å². The molecular formula is H12Al2MgO4Si. The lowest BCUT2D eigenvalue weighted by Gasteiger charge is -1.91. The molecule has 0 atom stereocenters. The maximum absolute atomic E-state index is 7.33. The van der Waals surface area contributed by atoms with Crippen LogP contribution in [-0.2, 0) is 0 Å². The van der Waals surface area contributed by atoms with E-state index >= 15 is 0 Å². The van der Waals surface area contributed by atoms with Crippen molar-refractivity contribution in [3.63, 3.8) is 0 Å². The van der Waals surface area contributed by atoms with Crippen molar-refractivity contribution >= 4 is 66.8 Å². The van der Waals surface area contributed by atoms with Crippen LogP contribution < -0.4 is 0 Å². The first-order chi connectivity index (χ1) is 2.00. The van der Waals surface area contributed by atoms with Crippen molar-refractivity contribution in [2.75, 3.05) is 0 Å². The molecule has 0 aromatic heterocycles. The highest BCUT2D eigenvalue weighted by molar-refractivity contribution is 6.46. The number of hydrogen-bond acceptors (Lipinski definition) is 4. The molecule has 0 bridgehead atoms. The minimum absolute atomic E-state index is 0. The molecule has 4 N–H and O–H groups in total. The zero-order valence-corrected chi connectivity index (χ0v) is 3.29. The summed E-state index contributed by atoms with van der Waals surface area (Å²) in [4.78, 5) is 29.3. The van der Waals surface area contributed by atoms with Crippen LogP contribution in [0.1, 0.15) is 0 Å². The molecule has 0 aliphatic carbocycles. The van der Waals surface area contributed by atoms with E-state index in [4.69, 9.17) is 19.2 Å². The van der Waals surface area contributed by atoms with E-state index in [0.29, 0.717) is 0 Å². The van der Waals surface area contributed by atoms with Gasteiger partial charge < -0.3 is 19.2 Å². The van der Waals surface area contributed by atoms with Crippen LogP contribution in [0.5, 0.6) is 0 Å². The molecule has 0 fully saturated rings. The second kappa shape index (κ2) is 8.89. The summed E-state index contributed by atoms with van der Waals surface area (Å²) in [6.07, 6.45) is 0. The Hall–Kier alpha value is 1.89. The van der Waals surface area contributed by atoms with Crippen LogP contribution in [-0.4, -0.2) is 86.0 Å². The predicted molar refractivity (Wildman–Crippen MR) is 43.1 cm³/mol. The van der Waals surface area contributed by atoms with E-state index < -0.39 is 9.05 Å². The van der Waals surface area contributed by atoms with Gasteiger partial charge in [0.25, 0.3) is 0 Å².